The second-order valence-corrected chi connectivity index (χ2v) is 3.89. The van der Waals surface area contributed by atoms with Gasteiger partial charge in [0.05, 0.1) is 7.11 Å². The lowest BCUT2D eigenvalue weighted by atomic mass is 9.98. The molecule has 1 heterocycles. The van der Waals surface area contributed by atoms with Gasteiger partial charge in [0.2, 0.25) is 0 Å². The molecule has 1 aromatic rings. The van der Waals surface area contributed by atoms with Crippen molar-refractivity contribution >= 4 is 5.91 Å². The Morgan fingerprint density at radius 2 is 2.12 bits per heavy atom. The van der Waals surface area contributed by atoms with Gasteiger partial charge in [0, 0.05) is 17.5 Å². The third kappa shape index (κ3) is 1.34. The Kier molecular flexibility index (Phi) is 2.69. The van der Waals surface area contributed by atoms with E-state index in [-0.39, 0.29) is 5.91 Å². The number of nitrogens with zero attached hydrogens (tertiary/aromatic N) is 1. The molecule has 0 bridgehead atoms. The summed E-state index contributed by atoms with van der Waals surface area (Å²) in [4.78, 5) is 17.0. The minimum absolute atomic E-state index is 0.283. The predicted molar refractivity (Wildman–Crippen MR) is 58.4 cm³/mol. The largest absolute Gasteiger partial charge is 0.365 e. The van der Waals surface area contributed by atoms with Crippen LogP contribution in [0.1, 0.15) is 35.7 Å². The summed E-state index contributed by atoms with van der Waals surface area (Å²) in [6.07, 6.45) is 1.22. The van der Waals surface area contributed by atoms with E-state index in [2.05, 4.69) is 0 Å². The summed E-state index contributed by atoms with van der Waals surface area (Å²) >= 11 is 0. The summed E-state index contributed by atoms with van der Waals surface area (Å²) in [6.45, 7) is 1.96. The third-order valence-electron chi connectivity index (χ3n) is 2.89. The van der Waals surface area contributed by atoms with Crippen molar-refractivity contribution in [3.63, 3.8) is 0 Å². The molecule has 0 fully saturated rings. The van der Waals surface area contributed by atoms with Crippen molar-refractivity contribution in [2.45, 2.75) is 25.5 Å². The van der Waals surface area contributed by atoms with Crippen LogP contribution in [0.3, 0.4) is 0 Å². The molecule has 1 N–H and O–H groups in total. The van der Waals surface area contributed by atoms with Gasteiger partial charge in [0.15, 0.2) is 5.72 Å². The van der Waals surface area contributed by atoms with E-state index in [4.69, 9.17) is 4.84 Å². The van der Waals surface area contributed by atoms with Gasteiger partial charge in [-0.15, -0.1) is 0 Å². The molecule has 0 saturated carbocycles. The number of carbonyl (C=O) groups is 1. The number of carbonyl (C=O) groups excluding carboxylic acids is 1. The average molecular weight is 221 g/mol. The number of fused-ring (bicyclic) bond motifs is 1. The van der Waals surface area contributed by atoms with E-state index in [1.807, 2.05) is 13.0 Å². The quantitative estimate of drug-likeness (QED) is 0.844. The van der Waals surface area contributed by atoms with Crippen LogP contribution < -0.4 is 0 Å². The molecule has 0 aliphatic carbocycles. The number of hydrogen-bond acceptors (Lipinski definition) is 3. The minimum Gasteiger partial charge on any atom is -0.365 e. The lowest BCUT2D eigenvalue weighted by Gasteiger charge is -2.31. The van der Waals surface area contributed by atoms with Crippen LogP contribution in [-0.2, 0) is 10.6 Å². The minimum atomic E-state index is -1.32. The normalized spacial score (nSPS) is 23.7. The Hall–Kier alpha value is -1.39. The lowest BCUT2D eigenvalue weighted by molar-refractivity contribution is -0.247. The molecule has 16 heavy (non-hydrogen) atoms. The molecule has 1 aliphatic heterocycles. The number of hydroxylamine groups is 2. The fourth-order valence-electron chi connectivity index (χ4n) is 2.22. The monoisotopic (exact) mass is 221 g/mol. The molecule has 1 aliphatic rings. The van der Waals surface area contributed by atoms with Crippen molar-refractivity contribution in [1.29, 1.82) is 0 Å². The highest BCUT2D eigenvalue weighted by Crippen LogP contribution is 2.40. The Morgan fingerprint density at radius 1 is 1.44 bits per heavy atom. The Bertz CT molecular complexity index is 418. The first-order valence-corrected chi connectivity index (χ1v) is 5.35. The summed E-state index contributed by atoms with van der Waals surface area (Å²) in [5.41, 5.74) is -0.180. The van der Waals surface area contributed by atoms with Crippen LogP contribution in [0.15, 0.2) is 24.3 Å². The highest BCUT2D eigenvalue weighted by atomic mass is 16.7. The van der Waals surface area contributed by atoms with Crippen molar-refractivity contribution in [2.24, 2.45) is 0 Å². The fourth-order valence-corrected chi connectivity index (χ4v) is 2.22. The van der Waals surface area contributed by atoms with Crippen LogP contribution >= 0.6 is 0 Å². The van der Waals surface area contributed by atoms with Crippen LogP contribution in [0.4, 0.5) is 0 Å². The van der Waals surface area contributed by atoms with Gasteiger partial charge in [-0.1, -0.05) is 31.5 Å². The van der Waals surface area contributed by atoms with E-state index >= 15 is 0 Å². The Balaban J connectivity index is 2.55. The number of hydrogen-bond donors (Lipinski definition) is 1. The maximum Gasteiger partial charge on any atom is 0.280 e. The van der Waals surface area contributed by atoms with Crippen LogP contribution in [-0.4, -0.2) is 23.2 Å². The number of benzene rings is 1. The molecule has 86 valence electrons. The lowest BCUT2D eigenvalue weighted by Crippen LogP contribution is -2.42. The zero-order chi connectivity index (χ0) is 11.8. The SMILES string of the molecule is CCC[C@]1(O)c2ccccc2C(=O)N1OC. The van der Waals surface area contributed by atoms with E-state index in [0.29, 0.717) is 17.5 Å². The van der Waals surface area contributed by atoms with Crippen molar-refractivity contribution in [3.05, 3.63) is 35.4 Å². The third-order valence-corrected chi connectivity index (χ3v) is 2.89. The first kappa shape index (κ1) is 11.1. The van der Waals surface area contributed by atoms with Gasteiger partial charge < -0.3 is 5.11 Å². The summed E-state index contributed by atoms with van der Waals surface area (Å²) in [5, 5.41) is 11.6. The summed E-state index contributed by atoms with van der Waals surface area (Å²) in [6, 6.07) is 7.06. The van der Waals surface area contributed by atoms with Crippen LogP contribution in [0.25, 0.3) is 0 Å². The van der Waals surface area contributed by atoms with Crippen molar-refractivity contribution in [1.82, 2.24) is 5.06 Å². The van der Waals surface area contributed by atoms with Gasteiger partial charge in [-0.3, -0.25) is 9.63 Å². The van der Waals surface area contributed by atoms with Gasteiger partial charge in [-0.25, -0.2) is 0 Å². The average Bonchev–Trinajstić information content (AvgIpc) is 2.50. The van der Waals surface area contributed by atoms with E-state index in [1.165, 1.54) is 7.11 Å². The molecule has 0 radical (unpaired) electrons. The molecule has 1 amide bonds. The Morgan fingerprint density at radius 3 is 2.75 bits per heavy atom. The van der Waals surface area contributed by atoms with Crippen LogP contribution in [0.2, 0.25) is 0 Å². The molecule has 2 rings (SSSR count). The summed E-state index contributed by atoms with van der Waals surface area (Å²) < 4.78 is 0. The van der Waals surface area contributed by atoms with Gasteiger partial charge in [0.25, 0.3) is 5.91 Å². The number of amides is 1. The second kappa shape index (κ2) is 3.88. The maximum atomic E-state index is 12.0. The fraction of sp³-hybridized carbons (Fsp3) is 0.417. The number of rotatable bonds is 3. The smallest absolute Gasteiger partial charge is 0.280 e. The van der Waals surface area contributed by atoms with Crippen molar-refractivity contribution in [2.75, 3.05) is 7.11 Å². The molecule has 0 unspecified atom stereocenters. The molecular weight excluding hydrogens is 206 g/mol. The Labute approximate surface area is 94.4 Å². The molecule has 0 spiro atoms. The van der Waals surface area contributed by atoms with E-state index in [9.17, 15) is 9.90 Å². The van der Waals surface area contributed by atoms with Crippen LogP contribution in [0, 0.1) is 0 Å². The van der Waals surface area contributed by atoms with Gasteiger partial charge in [-0.2, -0.15) is 5.06 Å². The first-order valence-electron chi connectivity index (χ1n) is 5.35. The zero-order valence-corrected chi connectivity index (χ0v) is 9.43. The molecule has 0 aromatic heterocycles. The molecular formula is C12H15NO3. The highest BCUT2D eigenvalue weighted by Gasteiger charge is 2.48. The van der Waals surface area contributed by atoms with Gasteiger partial charge in [0.1, 0.15) is 0 Å². The van der Waals surface area contributed by atoms with Crippen molar-refractivity contribution in [3.8, 4) is 0 Å². The highest BCUT2D eigenvalue weighted by molar-refractivity contribution is 5.98. The molecule has 4 heteroatoms. The standard InChI is InChI=1S/C12H15NO3/c1-3-8-12(15)10-7-5-4-6-9(10)11(14)13(12)16-2/h4-7,15H,3,8H2,1-2H3/t12-/m0/s1. The van der Waals surface area contributed by atoms with Gasteiger partial charge >= 0.3 is 0 Å². The predicted octanol–water partition coefficient (Wildman–Crippen LogP) is 1.65. The van der Waals surface area contributed by atoms with Gasteiger partial charge in [-0.05, 0) is 6.07 Å². The summed E-state index contributed by atoms with van der Waals surface area (Å²) in [5.74, 6) is -0.283. The van der Waals surface area contributed by atoms with Crippen molar-refractivity contribution < 1.29 is 14.7 Å². The zero-order valence-electron chi connectivity index (χ0n) is 9.43. The molecule has 1 aromatic carbocycles. The topological polar surface area (TPSA) is 49.8 Å². The van der Waals surface area contributed by atoms with E-state index in [1.54, 1.807) is 18.2 Å². The van der Waals surface area contributed by atoms with Crippen LogP contribution in [0.5, 0.6) is 0 Å². The molecule has 1 atom stereocenters. The maximum absolute atomic E-state index is 12.0. The van der Waals surface area contributed by atoms with E-state index < -0.39 is 5.72 Å². The molecule has 4 nitrogen and oxygen atoms in total. The first-order chi connectivity index (χ1) is 7.65. The number of aliphatic hydroxyl groups is 1. The van der Waals surface area contributed by atoms with E-state index in [0.717, 1.165) is 11.5 Å². The summed E-state index contributed by atoms with van der Waals surface area (Å²) in [7, 11) is 1.39. The second-order valence-electron chi connectivity index (χ2n) is 3.89. The molecule has 0 saturated heterocycles.